The third-order valence-corrected chi connectivity index (χ3v) is 11.7. The number of piperazine rings is 1. The smallest absolute Gasteiger partial charge is 0.319 e. The van der Waals surface area contributed by atoms with Crippen molar-refractivity contribution in [2.45, 2.75) is 61.7 Å². The summed E-state index contributed by atoms with van der Waals surface area (Å²) in [4.78, 5) is 33.8. The molecule has 264 valence electrons. The summed E-state index contributed by atoms with van der Waals surface area (Å²) in [6.07, 6.45) is 12.0. The molecule has 2 N–H and O–H groups in total. The number of aromatic hydroxyl groups is 1. The second-order valence-electron chi connectivity index (χ2n) is 15.0. The van der Waals surface area contributed by atoms with E-state index in [2.05, 4.69) is 31.0 Å². The SMILES string of the molecule is C#Cc1c(F)ccc2cc(O)cc(-c3ncc4c5nc(nc4c3F)OCC34CCCN3CC(C4)OCCC(=O)N(C)C[C@]34CC[C@H](CN5C3)N4)c12. The number of aromatic nitrogens is 3. The maximum absolute atomic E-state index is 17.1. The predicted octanol–water partition coefficient (Wildman–Crippen LogP) is 3.99. The van der Waals surface area contributed by atoms with Crippen LogP contribution in [0.15, 0.2) is 30.5 Å². The number of pyridine rings is 1. The molecule has 5 aliphatic rings. The van der Waals surface area contributed by atoms with Crippen LogP contribution in [0.3, 0.4) is 0 Å². The summed E-state index contributed by atoms with van der Waals surface area (Å²) < 4.78 is 44.8. The third-order valence-electron chi connectivity index (χ3n) is 11.7. The standard InChI is InChI=1S/C38H39F2N7O4/c1-3-26-29(39)6-5-22-13-24(48)14-27(31(22)26)33-32(40)34-28(16-41-33)35-43-36(42-34)51-21-38-9-4-11-47(38)18-25(15-38)50-12-8-30(49)45(2)19-37-10-7-23(44-37)17-46(35)20-37/h1,5-6,13-14,16,23,25,44,48H,4,7-12,15,17-21H2,2H3/t23-,25?,37-,38?/m1/s1. The maximum atomic E-state index is 17.1. The average Bonchev–Trinajstić information content (AvgIpc) is 3.76. The number of fused-ring (bicyclic) bond motifs is 9. The molecule has 4 saturated heterocycles. The minimum Gasteiger partial charge on any atom is -0.508 e. The van der Waals surface area contributed by atoms with Crippen molar-refractivity contribution >= 4 is 33.4 Å². The number of halogens is 2. The van der Waals surface area contributed by atoms with Crippen LogP contribution in [0.25, 0.3) is 32.9 Å². The van der Waals surface area contributed by atoms with Gasteiger partial charge in [0.2, 0.25) is 5.91 Å². The highest BCUT2D eigenvalue weighted by Gasteiger charge is 2.50. The van der Waals surface area contributed by atoms with Gasteiger partial charge in [0.15, 0.2) is 5.82 Å². The molecule has 5 aliphatic heterocycles. The highest BCUT2D eigenvalue weighted by Crippen LogP contribution is 2.43. The van der Waals surface area contributed by atoms with Gasteiger partial charge >= 0.3 is 6.01 Å². The number of nitrogens with one attached hydrogen (secondary N) is 1. The number of carbonyl (C=O) groups excluding carboxylic acids is 1. The Labute approximate surface area is 293 Å². The first-order chi connectivity index (χ1) is 24.6. The molecule has 2 spiro atoms. The van der Waals surface area contributed by atoms with Crippen LogP contribution in [0.5, 0.6) is 11.8 Å². The van der Waals surface area contributed by atoms with E-state index in [-0.39, 0.29) is 63.1 Å². The lowest BCUT2D eigenvalue weighted by Crippen LogP contribution is -2.64. The van der Waals surface area contributed by atoms with E-state index >= 15 is 4.39 Å². The number of phenolic OH excluding ortho intramolecular Hbond substituents is 1. The Morgan fingerprint density at radius 2 is 2.04 bits per heavy atom. The van der Waals surface area contributed by atoms with Crippen molar-refractivity contribution in [3.63, 3.8) is 0 Å². The van der Waals surface area contributed by atoms with Gasteiger partial charge in [0.1, 0.15) is 35.2 Å². The summed E-state index contributed by atoms with van der Waals surface area (Å²) in [6, 6.07) is 5.69. The van der Waals surface area contributed by atoms with E-state index in [1.165, 1.54) is 30.5 Å². The summed E-state index contributed by atoms with van der Waals surface area (Å²) in [5, 5.41) is 15.5. The van der Waals surface area contributed by atoms with Gasteiger partial charge in [-0.2, -0.15) is 9.97 Å². The number of carbonyl (C=O) groups is 1. The molecule has 7 bridgehead atoms. The Balaban J connectivity index is 1.21. The summed E-state index contributed by atoms with van der Waals surface area (Å²) in [5.41, 5.74) is -0.723. The molecule has 2 unspecified atom stereocenters. The van der Waals surface area contributed by atoms with E-state index in [0.29, 0.717) is 55.9 Å². The first kappa shape index (κ1) is 32.3. The average molecular weight is 696 g/mol. The number of benzene rings is 2. The normalized spacial score (nSPS) is 28.2. The van der Waals surface area contributed by atoms with Crippen molar-refractivity contribution in [3.05, 3.63) is 47.7 Å². The molecule has 4 fully saturated rings. The van der Waals surface area contributed by atoms with Crippen LogP contribution in [0.2, 0.25) is 0 Å². The van der Waals surface area contributed by atoms with Crippen LogP contribution in [-0.2, 0) is 9.53 Å². The lowest BCUT2D eigenvalue weighted by molar-refractivity contribution is -0.132. The molecule has 0 radical (unpaired) electrons. The zero-order chi connectivity index (χ0) is 35.1. The van der Waals surface area contributed by atoms with Crippen molar-refractivity contribution in [1.29, 1.82) is 0 Å². The van der Waals surface area contributed by atoms with Crippen LogP contribution < -0.4 is 15.0 Å². The van der Waals surface area contributed by atoms with Gasteiger partial charge in [0, 0.05) is 56.4 Å². The molecular formula is C38H39F2N7O4. The van der Waals surface area contributed by atoms with Gasteiger partial charge in [-0.1, -0.05) is 12.0 Å². The Hall–Kier alpha value is -4.64. The number of likely N-dealkylation sites (N-methyl/N-ethyl adjacent to an activating group) is 1. The van der Waals surface area contributed by atoms with E-state index in [1.807, 2.05) is 7.05 Å². The minimum atomic E-state index is -0.765. The summed E-state index contributed by atoms with van der Waals surface area (Å²) >= 11 is 0. The summed E-state index contributed by atoms with van der Waals surface area (Å²) in [7, 11) is 1.84. The second kappa shape index (κ2) is 12.0. The third kappa shape index (κ3) is 5.34. The Bertz CT molecular complexity index is 2140. The molecule has 11 nitrogen and oxygen atoms in total. The predicted molar refractivity (Wildman–Crippen MR) is 187 cm³/mol. The molecule has 4 aromatic rings. The second-order valence-corrected chi connectivity index (χ2v) is 15.0. The number of hydrogen-bond donors (Lipinski definition) is 2. The zero-order valence-electron chi connectivity index (χ0n) is 28.4. The number of rotatable bonds is 1. The van der Waals surface area contributed by atoms with Crippen LogP contribution in [0.4, 0.5) is 14.6 Å². The molecule has 0 saturated carbocycles. The van der Waals surface area contributed by atoms with E-state index in [0.717, 1.165) is 45.2 Å². The van der Waals surface area contributed by atoms with Crippen molar-refractivity contribution in [2.75, 3.05) is 57.9 Å². The number of hydrogen-bond acceptors (Lipinski definition) is 10. The minimum absolute atomic E-state index is 0.00583. The fraction of sp³-hybridized carbons (Fsp3) is 0.474. The summed E-state index contributed by atoms with van der Waals surface area (Å²) in [6.45, 7) is 3.97. The van der Waals surface area contributed by atoms with E-state index in [4.69, 9.17) is 20.9 Å². The number of ether oxygens (including phenoxy) is 2. The summed E-state index contributed by atoms with van der Waals surface area (Å²) in [5.74, 6) is 1.38. The maximum Gasteiger partial charge on any atom is 0.319 e. The zero-order valence-corrected chi connectivity index (χ0v) is 28.4. The fourth-order valence-electron chi connectivity index (χ4n) is 9.41. The van der Waals surface area contributed by atoms with Gasteiger partial charge in [-0.15, -0.1) is 6.42 Å². The molecular weight excluding hydrogens is 656 g/mol. The van der Waals surface area contributed by atoms with Crippen LogP contribution in [0.1, 0.15) is 44.1 Å². The molecule has 1 amide bonds. The number of terminal acetylenes is 1. The van der Waals surface area contributed by atoms with Crippen molar-refractivity contribution in [3.8, 4) is 35.4 Å². The fourth-order valence-corrected chi connectivity index (χ4v) is 9.41. The van der Waals surface area contributed by atoms with Crippen molar-refractivity contribution < 1.29 is 28.2 Å². The molecule has 4 atom stereocenters. The molecule has 13 heteroatoms. The molecule has 9 rings (SSSR count). The highest BCUT2D eigenvalue weighted by molar-refractivity contribution is 6.03. The van der Waals surface area contributed by atoms with E-state index in [1.54, 1.807) is 4.90 Å². The molecule has 51 heavy (non-hydrogen) atoms. The monoisotopic (exact) mass is 695 g/mol. The Morgan fingerprint density at radius 3 is 2.90 bits per heavy atom. The first-order valence-corrected chi connectivity index (χ1v) is 17.7. The van der Waals surface area contributed by atoms with Gasteiger partial charge < -0.3 is 29.7 Å². The lowest BCUT2D eigenvalue weighted by atomic mass is 9.94. The number of anilines is 1. The highest BCUT2D eigenvalue weighted by atomic mass is 19.1. The molecule has 7 heterocycles. The molecule has 2 aromatic heterocycles. The lowest BCUT2D eigenvalue weighted by Gasteiger charge is -2.44. The molecule has 0 aliphatic carbocycles. The van der Waals surface area contributed by atoms with Crippen LogP contribution >= 0.6 is 0 Å². The first-order valence-electron chi connectivity index (χ1n) is 17.7. The Kier molecular flexibility index (Phi) is 7.58. The van der Waals surface area contributed by atoms with Gasteiger partial charge in [-0.3, -0.25) is 14.7 Å². The van der Waals surface area contributed by atoms with E-state index < -0.39 is 17.2 Å². The van der Waals surface area contributed by atoms with Crippen LogP contribution in [-0.4, -0.2) is 112 Å². The number of amides is 1. The van der Waals surface area contributed by atoms with Crippen LogP contribution in [0, 0.1) is 24.0 Å². The number of nitrogens with zero attached hydrogens (tertiary/aromatic N) is 6. The van der Waals surface area contributed by atoms with E-state index in [9.17, 15) is 14.3 Å². The van der Waals surface area contributed by atoms with Gasteiger partial charge in [0.25, 0.3) is 0 Å². The topological polar surface area (TPSA) is 116 Å². The van der Waals surface area contributed by atoms with Gasteiger partial charge in [0.05, 0.1) is 41.2 Å². The largest absolute Gasteiger partial charge is 0.508 e. The van der Waals surface area contributed by atoms with Gasteiger partial charge in [-0.05, 0) is 62.2 Å². The van der Waals surface area contributed by atoms with Crippen molar-refractivity contribution in [2.24, 2.45) is 0 Å². The van der Waals surface area contributed by atoms with Gasteiger partial charge in [-0.25, -0.2) is 8.78 Å². The molecule has 2 aromatic carbocycles. The quantitative estimate of drug-likeness (QED) is 0.284. The Morgan fingerprint density at radius 1 is 1.16 bits per heavy atom. The number of phenols is 1. The van der Waals surface area contributed by atoms with Crippen molar-refractivity contribution in [1.82, 2.24) is 30.1 Å².